The Labute approximate surface area is 143 Å². The summed E-state index contributed by atoms with van der Waals surface area (Å²) in [7, 11) is 0. The zero-order chi connectivity index (χ0) is 16.8. The van der Waals surface area contributed by atoms with E-state index in [2.05, 4.69) is 15.5 Å². The zero-order valence-electron chi connectivity index (χ0n) is 12.8. The molecule has 2 aromatic carbocycles. The van der Waals surface area contributed by atoms with Crippen LogP contribution >= 0.6 is 11.8 Å². The third-order valence-corrected chi connectivity index (χ3v) is 4.08. The monoisotopic (exact) mass is 340 g/mol. The standard InChI is InChI=1S/C17H16N4O2S/c18-17(24-11-12-4-2-1-3-5-12)21-19-9-13-6-7-15-14(8-13)20-16(22)10-23-15/h1-9H,10-11H2,(H2,18,21)(H,20,22). The first-order valence-electron chi connectivity index (χ1n) is 7.30. The lowest BCUT2D eigenvalue weighted by Crippen LogP contribution is -2.25. The molecular formula is C17H16N4O2S. The van der Waals surface area contributed by atoms with Crippen molar-refractivity contribution in [2.45, 2.75) is 5.75 Å². The highest BCUT2D eigenvalue weighted by atomic mass is 32.2. The summed E-state index contributed by atoms with van der Waals surface area (Å²) in [4.78, 5) is 11.3. The lowest BCUT2D eigenvalue weighted by molar-refractivity contribution is -0.118. The van der Waals surface area contributed by atoms with E-state index >= 15 is 0 Å². The van der Waals surface area contributed by atoms with Gasteiger partial charge in [0.25, 0.3) is 5.91 Å². The molecule has 3 rings (SSSR count). The summed E-state index contributed by atoms with van der Waals surface area (Å²) in [5.74, 6) is 1.22. The predicted molar refractivity (Wildman–Crippen MR) is 97.5 cm³/mol. The summed E-state index contributed by atoms with van der Waals surface area (Å²) in [6.45, 7) is 0.0416. The lowest BCUT2D eigenvalue weighted by atomic mass is 10.2. The molecule has 0 radical (unpaired) electrons. The molecule has 0 fully saturated rings. The van der Waals surface area contributed by atoms with Crippen LogP contribution in [0.3, 0.4) is 0 Å². The molecule has 24 heavy (non-hydrogen) atoms. The van der Waals surface area contributed by atoms with Crippen LogP contribution in [-0.2, 0) is 10.5 Å². The number of benzene rings is 2. The third kappa shape index (κ3) is 4.36. The molecule has 0 aliphatic carbocycles. The Kier molecular flexibility index (Phi) is 5.12. The van der Waals surface area contributed by atoms with Gasteiger partial charge in [-0.25, -0.2) is 0 Å². The summed E-state index contributed by atoms with van der Waals surface area (Å²) >= 11 is 1.42. The van der Waals surface area contributed by atoms with Crippen molar-refractivity contribution in [1.82, 2.24) is 0 Å². The topological polar surface area (TPSA) is 89.1 Å². The maximum atomic E-state index is 11.3. The Balaban J connectivity index is 1.59. The third-order valence-electron chi connectivity index (χ3n) is 3.23. The van der Waals surface area contributed by atoms with Crippen molar-refractivity contribution in [3.8, 4) is 5.75 Å². The minimum Gasteiger partial charge on any atom is -0.482 e. The average Bonchev–Trinajstić information content (AvgIpc) is 2.60. The summed E-state index contributed by atoms with van der Waals surface area (Å²) in [6.07, 6.45) is 1.58. The smallest absolute Gasteiger partial charge is 0.262 e. The van der Waals surface area contributed by atoms with Crippen molar-refractivity contribution in [3.05, 3.63) is 59.7 Å². The van der Waals surface area contributed by atoms with Crippen LogP contribution in [0.4, 0.5) is 5.69 Å². The number of amides is 1. The van der Waals surface area contributed by atoms with Crippen molar-refractivity contribution in [3.63, 3.8) is 0 Å². The fourth-order valence-corrected chi connectivity index (χ4v) is 2.71. The van der Waals surface area contributed by atoms with E-state index < -0.39 is 0 Å². The zero-order valence-corrected chi connectivity index (χ0v) is 13.6. The molecule has 2 aromatic rings. The minimum atomic E-state index is -0.170. The van der Waals surface area contributed by atoms with Gasteiger partial charge in [-0.05, 0) is 29.3 Å². The Morgan fingerprint density at radius 2 is 2.12 bits per heavy atom. The highest BCUT2D eigenvalue weighted by Gasteiger charge is 2.15. The fraction of sp³-hybridized carbons (Fsp3) is 0.118. The first kappa shape index (κ1) is 16.1. The Bertz CT molecular complexity index is 790. The van der Waals surface area contributed by atoms with Crippen molar-refractivity contribution in [1.29, 1.82) is 0 Å². The number of nitrogens with zero attached hydrogens (tertiary/aromatic N) is 2. The Morgan fingerprint density at radius 1 is 1.29 bits per heavy atom. The largest absolute Gasteiger partial charge is 0.482 e. The SMILES string of the molecule is NC(=NN=Cc1ccc2c(c1)NC(=O)CO2)SCc1ccccc1. The number of amidine groups is 1. The van der Waals surface area contributed by atoms with E-state index in [0.717, 1.165) is 11.3 Å². The molecule has 0 saturated carbocycles. The summed E-state index contributed by atoms with van der Waals surface area (Å²) < 4.78 is 5.30. The fourth-order valence-electron chi connectivity index (χ4n) is 2.09. The van der Waals surface area contributed by atoms with Crippen LogP contribution in [0.1, 0.15) is 11.1 Å². The van der Waals surface area contributed by atoms with Gasteiger partial charge < -0.3 is 15.8 Å². The normalized spacial score (nSPS) is 14.2. The van der Waals surface area contributed by atoms with Gasteiger partial charge >= 0.3 is 0 Å². The number of thioether (sulfide) groups is 1. The van der Waals surface area contributed by atoms with E-state index in [1.165, 1.54) is 17.3 Å². The van der Waals surface area contributed by atoms with Crippen LogP contribution in [0.25, 0.3) is 0 Å². The minimum absolute atomic E-state index is 0.0416. The maximum absolute atomic E-state index is 11.3. The number of carbonyl (C=O) groups excluding carboxylic acids is 1. The number of hydrogen-bond donors (Lipinski definition) is 2. The molecule has 0 aromatic heterocycles. The predicted octanol–water partition coefficient (Wildman–Crippen LogP) is 2.60. The molecule has 122 valence electrons. The van der Waals surface area contributed by atoms with Crippen LogP contribution in [0.15, 0.2) is 58.7 Å². The van der Waals surface area contributed by atoms with Gasteiger partial charge in [-0.1, -0.05) is 42.1 Å². The molecule has 3 N–H and O–H groups in total. The van der Waals surface area contributed by atoms with Crippen LogP contribution in [0.5, 0.6) is 5.75 Å². The van der Waals surface area contributed by atoms with Gasteiger partial charge in [0.1, 0.15) is 5.75 Å². The van der Waals surface area contributed by atoms with Gasteiger partial charge in [0.15, 0.2) is 11.8 Å². The number of fused-ring (bicyclic) bond motifs is 1. The van der Waals surface area contributed by atoms with Crippen molar-refractivity contribution in [2.24, 2.45) is 15.9 Å². The molecule has 7 heteroatoms. The van der Waals surface area contributed by atoms with E-state index in [9.17, 15) is 4.79 Å². The van der Waals surface area contributed by atoms with Crippen LogP contribution in [0.2, 0.25) is 0 Å². The molecule has 0 atom stereocenters. The number of ether oxygens (including phenoxy) is 1. The first-order valence-corrected chi connectivity index (χ1v) is 8.29. The van der Waals surface area contributed by atoms with Crippen molar-refractivity contribution < 1.29 is 9.53 Å². The lowest BCUT2D eigenvalue weighted by Gasteiger charge is -2.17. The number of anilines is 1. The van der Waals surface area contributed by atoms with Crippen molar-refractivity contribution in [2.75, 3.05) is 11.9 Å². The van der Waals surface area contributed by atoms with Crippen LogP contribution in [-0.4, -0.2) is 23.9 Å². The van der Waals surface area contributed by atoms with E-state index in [0.29, 0.717) is 16.6 Å². The Hall–Kier alpha value is -2.80. The second-order valence-corrected chi connectivity index (χ2v) is 6.05. The van der Waals surface area contributed by atoms with Gasteiger partial charge in [-0.2, -0.15) is 5.10 Å². The summed E-state index contributed by atoms with van der Waals surface area (Å²) in [5, 5.41) is 11.1. The average molecular weight is 340 g/mol. The maximum Gasteiger partial charge on any atom is 0.262 e. The molecule has 1 aliphatic heterocycles. The highest BCUT2D eigenvalue weighted by molar-refractivity contribution is 8.13. The van der Waals surface area contributed by atoms with Gasteiger partial charge in [-0.15, -0.1) is 5.10 Å². The molecule has 1 amide bonds. The molecular weight excluding hydrogens is 324 g/mol. The van der Waals surface area contributed by atoms with Gasteiger partial charge in [0.05, 0.1) is 11.9 Å². The number of hydrogen-bond acceptors (Lipinski definition) is 5. The first-order chi connectivity index (χ1) is 11.7. The Morgan fingerprint density at radius 3 is 2.96 bits per heavy atom. The number of nitrogens with one attached hydrogen (secondary N) is 1. The van der Waals surface area contributed by atoms with E-state index in [1.54, 1.807) is 18.3 Å². The molecule has 0 unspecified atom stereocenters. The van der Waals surface area contributed by atoms with Gasteiger partial charge in [0.2, 0.25) is 0 Å². The molecule has 0 bridgehead atoms. The second kappa shape index (κ2) is 7.65. The summed E-state index contributed by atoms with van der Waals surface area (Å²) in [5.41, 5.74) is 8.44. The van der Waals surface area contributed by atoms with Crippen molar-refractivity contribution >= 4 is 34.7 Å². The molecule has 0 spiro atoms. The van der Waals surface area contributed by atoms with Crippen LogP contribution < -0.4 is 15.8 Å². The molecule has 1 heterocycles. The molecule has 6 nitrogen and oxygen atoms in total. The van der Waals surface area contributed by atoms with E-state index in [-0.39, 0.29) is 12.5 Å². The quantitative estimate of drug-likeness (QED) is 0.509. The summed E-state index contributed by atoms with van der Waals surface area (Å²) in [6, 6.07) is 15.4. The van der Waals surface area contributed by atoms with Gasteiger partial charge in [0, 0.05) is 5.75 Å². The molecule has 0 saturated heterocycles. The second-order valence-electron chi connectivity index (χ2n) is 5.05. The van der Waals surface area contributed by atoms with Crippen LogP contribution in [0, 0.1) is 0 Å². The number of nitrogens with two attached hydrogens (primary N) is 1. The number of carbonyl (C=O) groups is 1. The highest BCUT2D eigenvalue weighted by Crippen LogP contribution is 2.27. The van der Waals surface area contributed by atoms with Gasteiger partial charge in [-0.3, -0.25) is 4.79 Å². The molecule has 1 aliphatic rings. The van der Waals surface area contributed by atoms with E-state index in [1.807, 2.05) is 36.4 Å². The number of rotatable bonds is 4. The van der Waals surface area contributed by atoms with E-state index in [4.69, 9.17) is 10.5 Å².